The summed E-state index contributed by atoms with van der Waals surface area (Å²) in [5.74, 6) is 0.988. The molecule has 1 saturated carbocycles. The van der Waals surface area contributed by atoms with Crippen LogP contribution in [-0.2, 0) is 11.3 Å². The van der Waals surface area contributed by atoms with Crippen LogP contribution in [0.3, 0.4) is 0 Å². The predicted molar refractivity (Wildman–Crippen MR) is 76.1 cm³/mol. The Morgan fingerprint density at radius 3 is 2.89 bits per heavy atom. The summed E-state index contributed by atoms with van der Waals surface area (Å²) in [7, 11) is 0. The van der Waals surface area contributed by atoms with Crippen LogP contribution < -0.4 is 5.32 Å². The summed E-state index contributed by atoms with van der Waals surface area (Å²) in [5, 5.41) is 4.54. The first-order valence-corrected chi connectivity index (χ1v) is 7.21. The van der Waals surface area contributed by atoms with E-state index in [1.807, 2.05) is 18.2 Å². The monoisotopic (exact) mass is 259 g/mol. The van der Waals surface area contributed by atoms with E-state index in [9.17, 15) is 0 Å². The van der Waals surface area contributed by atoms with Gasteiger partial charge in [-0.25, -0.2) is 0 Å². The first kappa shape index (κ1) is 12.7. The molecule has 1 aliphatic rings. The van der Waals surface area contributed by atoms with Gasteiger partial charge < -0.3 is 14.5 Å². The molecule has 0 saturated heterocycles. The van der Waals surface area contributed by atoms with E-state index in [2.05, 4.69) is 17.4 Å². The highest BCUT2D eigenvalue weighted by atomic mass is 16.5. The van der Waals surface area contributed by atoms with Gasteiger partial charge in [0.05, 0.1) is 19.3 Å². The minimum Gasteiger partial charge on any atom is -0.460 e. The number of para-hydroxylation sites is 1. The maximum atomic E-state index is 5.81. The van der Waals surface area contributed by atoms with Gasteiger partial charge in [0, 0.05) is 11.9 Å². The van der Waals surface area contributed by atoms with E-state index in [1.165, 1.54) is 31.1 Å². The Labute approximate surface area is 113 Å². The van der Waals surface area contributed by atoms with Gasteiger partial charge in [0.1, 0.15) is 11.3 Å². The van der Waals surface area contributed by atoms with Crippen molar-refractivity contribution in [3.63, 3.8) is 0 Å². The Morgan fingerprint density at radius 1 is 1.21 bits per heavy atom. The van der Waals surface area contributed by atoms with Crippen molar-refractivity contribution < 1.29 is 9.15 Å². The van der Waals surface area contributed by atoms with Crippen molar-refractivity contribution in [3.05, 3.63) is 36.1 Å². The molecule has 1 aromatic carbocycles. The fourth-order valence-corrected chi connectivity index (χ4v) is 2.69. The molecule has 19 heavy (non-hydrogen) atoms. The van der Waals surface area contributed by atoms with Crippen molar-refractivity contribution in [2.45, 2.75) is 38.3 Å². The lowest BCUT2D eigenvalue weighted by atomic mass is 10.2. The van der Waals surface area contributed by atoms with Gasteiger partial charge in [-0.3, -0.25) is 0 Å². The van der Waals surface area contributed by atoms with E-state index in [0.29, 0.717) is 6.10 Å². The molecule has 1 N–H and O–H groups in total. The van der Waals surface area contributed by atoms with Crippen LogP contribution in [0.15, 0.2) is 34.7 Å². The summed E-state index contributed by atoms with van der Waals surface area (Å²) in [5.41, 5.74) is 0.960. The smallest absolute Gasteiger partial charge is 0.134 e. The molecule has 0 radical (unpaired) electrons. The normalized spacial score (nSPS) is 16.4. The van der Waals surface area contributed by atoms with E-state index in [-0.39, 0.29) is 0 Å². The molecule has 102 valence electrons. The molecule has 1 heterocycles. The number of ether oxygens (including phenoxy) is 1. The Kier molecular flexibility index (Phi) is 4.16. The Hall–Kier alpha value is -1.32. The highest BCUT2D eigenvalue weighted by molar-refractivity contribution is 5.77. The molecule has 0 atom stereocenters. The van der Waals surface area contributed by atoms with Gasteiger partial charge in [-0.2, -0.15) is 0 Å². The Morgan fingerprint density at radius 2 is 2.05 bits per heavy atom. The first-order valence-electron chi connectivity index (χ1n) is 7.21. The maximum absolute atomic E-state index is 5.81. The minimum absolute atomic E-state index is 0.507. The summed E-state index contributed by atoms with van der Waals surface area (Å²) >= 11 is 0. The lowest BCUT2D eigenvalue weighted by Gasteiger charge is -2.10. The fourth-order valence-electron chi connectivity index (χ4n) is 2.69. The highest BCUT2D eigenvalue weighted by Crippen LogP contribution is 2.20. The van der Waals surface area contributed by atoms with E-state index >= 15 is 0 Å². The van der Waals surface area contributed by atoms with Crippen LogP contribution in [-0.4, -0.2) is 19.3 Å². The number of fused-ring (bicyclic) bond motifs is 1. The van der Waals surface area contributed by atoms with Crippen LogP contribution in [0, 0.1) is 0 Å². The average Bonchev–Trinajstić information content (AvgIpc) is 3.06. The number of hydrogen-bond donors (Lipinski definition) is 1. The highest BCUT2D eigenvalue weighted by Gasteiger charge is 2.14. The molecule has 2 aromatic rings. The lowest BCUT2D eigenvalue weighted by Crippen LogP contribution is -2.21. The molecule has 0 aliphatic heterocycles. The van der Waals surface area contributed by atoms with E-state index in [0.717, 1.165) is 31.0 Å². The number of nitrogens with one attached hydrogen (secondary N) is 1. The van der Waals surface area contributed by atoms with Gasteiger partial charge in [-0.05, 0) is 25.0 Å². The molecule has 1 fully saturated rings. The number of hydrogen-bond acceptors (Lipinski definition) is 3. The predicted octanol–water partition coefficient (Wildman–Crippen LogP) is 3.48. The van der Waals surface area contributed by atoms with E-state index in [4.69, 9.17) is 9.15 Å². The molecule has 0 spiro atoms. The lowest BCUT2D eigenvalue weighted by molar-refractivity contribution is 0.0601. The average molecular weight is 259 g/mol. The summed E-state index contributed by atoms with van der Waals surface area (Å²) in [6, 6.07) is 10.2. The second-order valence-corrected chi connectivity index (χ2v) is 5.20. The zero-order chi connectivity index (χ0) is 12.9. The molecule has 0 amide bonds. The zero-order valence-corrected chi connectivity index (χ0v) is 11.2. The van der Waals surface area contributed by atoms with Gasteiger partial charge >= 0.3 is 0 Å². The second kappa shape index (κ2) is 6.22. The molecule has 1 aliphatic carbocycles. The molecular formula is C16H21NO2. The van der Waals surface area contributed by atoms with Crippen LogP contribution in [0.5, 0.6) is 0 Å². The molecule has 0 unspecified atom stereocenters. The fraction of sp³-hybridized carbons (Fsp3) is 0.500. The number of rotatable bonds is 6. The second-order valence-electron chi connectivity index (χ2n) is 5.20. The standard InChI is InChI=1S/C16H21NO2/c1-4-8-16-13(5-1)11-15(19-16)12-17-9-10-18-14-6-2-3-7-14/h1,4-5,8,11,14,17H,2-3,6-7,9-10,12H2. The quantitative estimate of drug-likeness (QED) is 0.806. The van der Waals surface area contributed by atoms with Crippen LogP contribution >= 0.6 is 0 Å². The molecule has 3 nitrogen and oxygen atoms in total. The van der Waals surface area contributed by atoms with Crippen LogP contribution in [0.4, 0.5) is 0 Å². The van der Waals surface area contributed by atoms with Crippen molar-refractivity contribution in [2.24, 2.45) is 0 Å². The maximum Gasteiger partial charge on any atom is 0.134 e. The molecule has 1 aromatic heterocycles. The molecular weight excluding hydrogens is 238 g/mol. The van der Waals surface area contributed by atoms with Crippen molar-refractivity contribution in [3.8, 4) is 0 Å². The van der Waals surface area contributed by atoms with Gasteiger partial charge in [-0.1, -0.05) is 31.0 Å². The minimum atomic E-state index is 0.507. The van der Waals surface area contributed by atoms with E-state index < -0.39 is 0 Å². The zero-order valence-electron chi connectivity index (χ0n) is 11.2. The first-order chi connectivity index (χ1) is 9.42. The van der Waals surface area contributed by atoms with Crippen molar-refractivity contribution in [1.82, 2.24) is 5.32 Å². The molecule has 3 rings (SSSR count). The van der Waals surface area contributed by atoms with Gasteiger partial charge in [0.15, 0.2) is 0 Å². The third-order valence-corrected chi connectivity index (χ3v) is 3.71. The number of furan rings is 1. The van der Waals surface area contributed by atoms with Gasteiger partial charge in [0.25, 0.3) is 0 Å². The summed E-state index contributed by atoms with van der Waals surface area (Å²) in [6.07, 6.45) is 5.65. The van der Waals surface area contributed by atoms with Crippen LogP contribution in [0.1, 0.15) is 31.4 Å². The summed E-state index contributed by atoms with van der Waals surface area (Å²) in [6.45, 7) is 2.45. The Bertz CT molecular complexity index is 481. The van der Waals surface area contributed by atoms with Crippen molar-refractivity contribution >= 4 is 11.0 Å². The number of benzene rings is 1. The van der Waals surface area contributed by atoms with Gasteiger partial charge in [0.2, 0.25) is 0 Å². The van der Waals surface area contributed by atoms with Crippen molar-refractivity contribution in [2.75, 3.05) is 13.2 Å². The molecule has 3 heteroatoms. The van der Waals surface area contributed by atoms with Crippen molar-refractivity contribution in [1.29, 1.82) is 0 Å². The van der Waals surface area contributed by atoms with Crippen LogP contribution in [0.25, 0.3) is 11.0 Å². The Balaban J connectivity index is 1.39. The molecule has 0 bridgehead atoms. The SMILES string of the molecule is c1ccc2oc(CNCCOC3CCCC3)cc2c1. The van der Waals surface area contributed by atoms with Gasteiger partial charge in [-0.15, -0.1) is 0 Å². The summed E-state index contributed by atoms with van der Waals surface area (Å²) < 4.78 is 11.6. The summed E-state index contributed by atoms with van der Waals surface area (Å²) in [4.78, 5) is 0. The topological polar surface area (TPSA) is 34.4 Å². The largest absolute Gasteiger partial charge is 0.460 e. The third kappa shape index (κ3) is 3.37. The van der Waals surface area contributed by atoms with E-state index in [1.54, 1.807) is 0 Å². The third-order valence-electron chi connectivity index (χ3n) is 3.71. The van der Waals surface area contributed by atoms with Crippen LogP contribution in [0.2, 0.25) is 0 Å².